The largest absolute Gasteiger partial charge is 0.313 e. The van der Waals surface area contributed by atoms with Crippen LogP contribution in [0.2, 0.25) is 0 Å². The lowest BCUT2D eigenvalue weighted by atomic mass is 9.84. The summed E-state index contributed by atoms with van der Waals surface area (Å²) in [5.41, 5.74) is 2.47. The molecule has 0 aliphatic carbocycles. The van der Waals surface area contributed by atoms with Crippen LogP contribution in [0, 0.1) is 18.2 Å². The lowest BCUT2D eigenvalue weighted by Crippen LogP contribution is -2.23. The monoisotopic (exact) mass is 223 g/mol. The number of hydrogen-bond donors (Lipinski definition) is 1. The van der Waals surface area contributed by atoms with Crippen molar-refractivity contribution in [2.24, 2.45) is 5.41 Å². The molecule has 1 aromatic carbocycles. The molecule has 1 aromatic rings. The minimum atomic E-state index is -0.160. The van der Waals surface area contributed by atoms with E-state index in [4.69, 9.17) is 0 Å². The minimum Gasteiger partial charge on any atom is -0.313 e. The van der Waals surface area contributed by atoms with E-state index in [1.54, 1.807) is 6.07 Å². The van der Waals surface area contributed by atoms with Crippen LogP contribution in [0.15, 0.2) is 18.2 Å². The van der Waals surface area contributed by atoms with Crippen LogP contribution < -0.4 is 5.32 Å². The van der Waals surface area contributed by atoms with Crippen molar-refractivity contribution >= 4 is 0 Å². The zero-order valence-electron chi connectivity index (χ0n) is 10.9. The number of hydrogen-bond acceptors (Lipinski definition) is 1. The van der Waals surface area contributed by atoms with Crippen molar-refractivity contribution in [3.8, 4) is 0 Å². The molecule has 1 nitrogen and oxygen atoms in total. The van der Waals surface area contributed by atoms with Crippen LogP contribution >= 0.6 is 0 Å². The Morgan fingerprint density at radius 1 is 1.31 bits per heavy atom. The number of nitrogens with one attached hydrogen (secondary N) is 1. The third-order valence-corrected chi connectivity index (χ3v) is 2.77. The second kappa shape index (κ2) is 4.96. The van der Waals surface area contributed by atoms with Crippen LogP contribution in [-0.2, 0) is 0 Å². The zero-order chi connectivity index (χ0) is 12.3. The molecular weight excluding hydrogens is 201 g/mol. The van der Waals surface area contributed by atoms with E-state index in [2.05, 4.69) is 26.1 Å². The van der Waals surface area contributed by atoms with E-state index in [1.165, 1.54) is 11.6 Å². The van der Waals surface area contributed by atoms with Crippen LogP contribution in [0.25, 0.3) is 0 Å². The van der Waals surface area contributed by atoms with Crippen molar-refractivity contribution in [1.29, 1.82) is 0 Å². The summed E-state index contributed by atoms with van der Waals surface area (Å²) in [6, 6.07) is 5.32. The van der Waals surface area contributed by atoms with Crippen LogP contribution in [0.3, 0.4) is 0 Å². The maximum absolute atomic E-state index is 13.0. The summed E-state index contributed by atoms with van der Waals surface area (Å²) in [7, 11) is 1.96. The molecule has 0 amide bonds. The van der Waals surface area contributed by atoms with Gasteiger partial charge in [-0.1, -0.05) is 26.8 Å². The van der Waals surface area contributed by atoms with Gasteiger partial charge in [0, 0.05) is 6.04 Å². The molecule has 1 rings (SSSR count). The molecule has 0 bridgehead atoms. The number of benzene rings is 1. The molecule has 0 aromatic heterocycles. The molecule has 1 atom stereocenters. The highest BCUT2D eigenvalue weighted by molar-refractivity contribution is 5.29. The van der Waals surface area contributed by atoms with Gasteiger partial charge in [0.1, 0.15) is 5.82 Å². The van der Waals surface area contributed by atoms with E-state index in [9.17, 15) is 4.39 Å². The second-order valence-electron chi connectivity index (χ2n) is 5.61. The number of rotatable bonds is 3. The Balaban J connectivity index is 2.95. The highest BCUT2D eigenvalue weighted by atomic mass is 19.1. The Morgan fingerprint density at radius 2 is 1.94 bits per heavy atom. The normalized spacial score (nSPS) is 13.9. The average molecular weight is 223 g/mol. The van der Waals surface area contributed by atoms with Gasteiger partial charge in [-0.2, -0.15) is 0 Å². The maximum Gasteiger partial charge on any atom is 0.123 e. The Hall–Kier alpha value is -0.890. The van der Waals surface area contributed by atoms with Gasteiger partial charge in [-0.3, -0.25) is 0 Å². The fraction of sp³-hybridized carbons (Fsp3) is 0.571. The summed E-state index contributed by atoms with van der Waals surface area (Å²) in [5, 5.41) is 3.31. The van der Waals surface area contributed by atoms with Gasteiger partial charge in [-0.15, -0.1) is 0 Å². The molecule has 90 valence electrons. The average Bonchev–Trinajstić information content (AvgIpc) is 2.13. The van der Waals surface area contributed by atoms with Crippen LogP contribution in [0.1, 0.15) is 44.4 Å². The zero-order valence-corrected chi connectivity index (χ0v) is 10.9. The van der Waals surface area contributed by atoms with Crippen molar-refractivity contribution in [3.63, 3.8) is 0 Å². The van der Waals surface area contributed by atoms with E-state index in [1.807, 2.05) is 20.0 Å². The van der Waals surface area contributed by atoms with Gasteiger partial charge in [0.15, 0.2) is 0 Å². The van der Waals surface area contributed by atoms with Gasteiger partial charge in [0.2, 0.25) is 0 Å². The Bertz CT molecular complexity index is 352. The standard InChI is InChI=1S/C14H22FN/c1-10-8-11(15)6-7-12(10)13(16-5)9-14(2,3)4/h6-8,13,16H,9H2,1-5H3. The molecule has 2 heteroatoms. The molecule has 0 saturated heterocycles. The minimum absolute atomic E-state index is 0.160. The smallest absolute Gasteiger partial charge is 0.123 e. The van der Waals surface area contributed by atoms with E-state index >= 15 is 0 Å². The molecule has 0 heterocycles. The van der Waals surface area contributed by atoms with E-state index in [0.717, 1.165) is 12.0 Å². The predicted molar refractivity (Wildman–Crippen MR) is 67.0 cm³/mol. The summed E-state index contributed by atoms with van der Waals surface area (Å²) in [6.45, 7) is 8.62. The predicted octanol–water partition coefficient (Wildman–Crippen LogP) is 3.83. The van der Waals surface area contributed by atoms with Gasteiger partial charge in [0.05, 0.1) is 0 Å². The summed E-state index contributed by atoms with van der Waals surface area (Å²) in [6.07, 6.45) is 1.04. The Kier molecular flexibility index (Phi) is 4.09. The third-order valence-electron chi connectivity index (χ3n) is 2.77. The highest BCUT2D eigenvalue weighted by Gasteiger charge is 2.20. The molecule has 1 unspecified atom stereocenters. The molecular formula is C14H22FN. The summed E-state index contributed by atoms with van der Waals surface area (Å²) in [5.74, 6) is -0.160. The first-order valence-corrected chi connectivity index (χ1v) is 5.77. The first-order valence-electron chi connectivity index (χ1n) is 5.77. The van der Waals surface area contributed by atoms with Crippen LogP contribution in [0.5, 0.6) is 0 Å². The fourth-order valence-corrected chi connectivity index (χ4v) is 2.01. The van der Waals surface area contributed by atoms with Gasteiger partial charge in [-0.25, -0.2) is 4.39 Å². The van der Waals surface area contributed by atoms with E-state index in [0.29, 0.717) is 6.04 Å². The molecule has 16 heavy (non-hydrogen) atoms. The lowest BCUT2D eigenvalue weighted by molar-refractivity contribution is 0.320. The number of aryl methyl sites for hydroxylation is 1. The van der Waals surface area contributed by atoms with Gasteiger partial charge in [-0.05, 0) is 49.1 Å². The maximum atomic E-state index is 13.0. The molecule has 0 saturated carbocycles. The van der Waals surface area contributed by atoms with E-state index in [-0.39, 0.29) is 11.2 Å². The summed E-state index contributed by atoms with van der Waals surface area (Å²) in [4.78, 5) is 0. The first-order chi connectivity index (χ1) is 7.33. The molecule has 0 spiro atoms. The SMILES string of the molecule is CNC(CC(C)(C)C)c1ccc(F)cc1C. The molecule has 0 radical (unpaired) electrons. The second-order valence-corrected chi connectivity index (χ2v) is 5.61. The highest BCUT2D eigenvalue weighted by Crippen LogP contribution is 2.30. The lowest BCUT2D eigenvalue weighted by Gasteiger charge is -2.27. The van der Waals surface area contributed by atoms with Gasteiger partial charge in [0.25, 0.3) is 0 Å². The molecule has 0 fully saturated rings. The van der Waals surface area contributed by atoms with Crippen LogP contribution in [0.4, 0.5) is 4.39 Å². The van der Waals surface area contributed by atoms with Crippen molar-refractivity contribution in [2.75, 3.05) is 7.05 Å². The third kappa shape index (κ3) is 3.60. The topological polar surface area (TPSA) is 12.0 Å². The van der Waals surface area contributed by atoms with Crippen LogP contribution in [-0.4, -0.2) is 7.05 Å². The number of halogens is 1. The van der Waals surface area contributed by atoms with Gasteiger partial charge < -0.3 is 5.32 Å². The quantitative estimate of drug-likeness (QED) is 0.821. The molecule has 0 aliphatic heterocycles. The van der Waals surface area contributed by atoms with Gasteiger partial charge >= 0.3 is 0 Å². The van der Waals surface area contributed by atoms with Crippen molar-refractivity contribution in [1.82, 2.24) is 5.32 Å². The fourth-order valence-electron chi connectivity index (χ4n) is 2.01. The first kappa shape index (κ1) is 13.2. The summed E-state index contributed by atoms with van der Waals surface area (Å²) < 4.78 is 13.0. The summed E-state index contributed by atoms with van der Waals surface area (Å²) >= 11 is 0. The molecule has 0 aliphatic rings. The Morgan fingerprint density at radius 3 is 2.38 bits per heavy atom. The van der Waals surface area contributed by atoms with Crippen molar-refractivity contribution in [2.45, 2.75) is 40.2 Å². The van der Waals surface area contributed by atoms with Crippen molar-refractivity contribution in [3.05, 3.63) is 35.1 Å². The Labute approximate surface area is 98.1 Å². The van der Waals surface area contributed by atoms with Crippen molar-refractivity contribution < 1.29 is 4.39 Å². The van der Waals surface area contributed by atoms with E-state index < -0.39 is 0 Å². The molecule has 1 N–H and O–H groups in total.